The summed E-state index contributed by atoms with van der Waals surface area (Å²) in [6, 6.07) is 1.31. The smallest absolute Gasteiger partial charge is 0.220 e. The Morgan fingerprint density at radius 3 is 2.52 bits per heavy atom. The van der Waals surface area contributed by atoms with Crippen LogP contribution < -0.4 is 10.6 Å². The minimum atomic E-state index is 0.202. The molecule has 3 atom stereocenters. The van der Waals surface area contributed by atoms with Crippen molar-refractivity contribution in [1.29, 1.82) is 0 Å². The van der Waals surface area contributed by atoms with Crippen molar-refractivity contribution >= 4 is 5.91 Å². The molecule has 0 radical (unpaired) electrons. The van der Waals surface area contributed by atoms with Crippen molar-refractivity contribution in [2.75, 3.05) is 13.2 Å². The van der Waals surface area contributed by atoms with Crippen LogP contribution in [0.1, 0.15) is 58.8 Å². The molecule has 4 nitrogen and oxygen atoms in total. The van der Waals surface area contributed by atoms with Gasteiger partial charge in [-0.3, -0.25) is 4.79 Å². The average Bonchev–Trinajstić information content (AvgIpc) is 2.75. The fourth-order valence-corrected chi connectivity index (χ4v) is 4.09. The maximum absolute atomic E-state index is 12.1. The second-order valence-electron chi connectivity index (χ2n) is 7.49. The Kier molecular flexibility index (Phi) is 6.49. The molecular weight excluding hydrogens is 264 g/mol. The summed E-state index contributed by atoms with van der Waals surface area (Å²) in [6.45, 7) is 5.31. The van der Waals surface area contributed by atoms with Crippen LogP contribution in [-0.4, -0.2) is 36.2 Å². The zero-order valence-corrected chi connectivity index (χ0v) is 13.6. The third kappa shape index (κ3) is 5.59. The third-order valence-electron chi connectivity index (χ3n) is 4.97. The number of nitrogens with one attached hydrogen (secondary N) is 2. The van der Waals surface area contributed by atoms with E-state index < -0.39 is 0 Å². The van der Waals surface area contributed by atoms with Crippen molar-refractivity contribution in [3.63, 3.8) is 0 Å². The van der Waals surface area contributed by atoms with Crippen LogP contribution in [0, 0.1) is 17.8 Å². The standard InChI is InChI=1S/C17H32N2O2/c1-12(2)7-13(5-6-20)11-18-17(21)10-14-8-15-3-4-16(9-14)19-15/h12-16,19-20H,3-11H2,1-2H3,(H,18,21). The number of piperidine rings is 1. The number of hydrogen-bond donors (Lipinski definition) is 3. The molecule has 2 bridgehead atoms. The second kappa shape index (κ2) is 8.14. The molecule has 0 saturated carbocycles. The number of amides is 1. The van der Waals surface area contributed by atoms with Crippen LogP contribution in [-0.2, 0) is 4.79 Å². The van der Waals surface area contributed by atoms with E-state index in [1.165, 1.54) is 12.8 Å². The SMILES string of the molecule is CC(C)CC(CCO)CNC(=O)CC1CC2CCC(C1)N2. The summed E-state index contributed by atoms with van der Waals surface area (Å²) in [7, 11) is 0. The molecule has 3 N–H and O–H groups in total. The van der Waals surface area contributed by atoms with Gasteiger partial charge in [0.1, 0.15) is 0 Å². The van der Waals surface area contributed by atoms with Crippen molar-refractivity contribution in [3.05, 3.63) is 0 Å². The van der Waals surface area contributed by atoms with Gasteiger partial charge in [0.05, 0.1) is 0 Å². The van der Waals surface area contributed by atoms with E-state index in [9.17, 15) is 4.79 Å². The second-order valence-corrected chi connectivity index (χ2v) is 7.49. The van der Waals surface area contributed by atoms with Gasteiger partial charge in [0, 0.05) is 31.7 Å². The van der Waals surface area contributed by atoms with Gasteiger partial charge in [-0.15, -0.1) is 0 Å². The zero-order chi connectivity index (χ0) is 15.2. The van der Waals surface area contributed by atoms with Crippen LogP contribution in [0.3, 0.4) is 0 Å². The van der Waals surface area contributed by atoms with Gasteiger partial charge in [-0.25, -0.2) is 0 Å². The lowest BCUT2D eigenvalue weighted by atomic mass is 9.89. The van der Waals surface area contributed by atoms with Crippen molar-refractivity contribution in [1.82, 2.24) is 10.6 Å². The van der Waals surface area contributed by atoms with E-state index in [0.29, 0.717) is 36.3 Å². The molecule has 0 aromatic heterocycles. The fourth-order valence-electron chi connectivity index (χ4n) is 4.09. The van der Waals surface area contributed by atoms with E-state index in [2.05, 4.69) is 24.5 Å². The average molecular weight is 296 g/mol. The molecule has 0 aromatic rings. The lowest BCUT2D eigenvalue weighted by Gasteiger charge is -2.29. The molecule has 2 aliphatic heterocycles. The minimum Gasteiger partial charge on any atom is -0.396 e. The molecular formula is C17H32N2O2. The highest BCUT2D eigenvalue weighted by Crippen LogP contribution is 2.32. The summed E-state index contributed by atoms with van der Waals surface area (Å²) in [5.74, 6) is 1.78. The number of carbonyl (C=O) groups is 1. The van der Waals surface area contributed by atoms with Crippen LogP contribution in [0.15, 0.2) is 0 Å². The molecule has 2 aliphatic rings. The topological polar surface area (TPSA) is 61.4 Å². The van der Waals surface area contributed by atoms with Crippen LogP contribution in [0.25, 0.3) is 0 Å². The van der Waals surface area contributed by atoms with E-state index in [1.54, 1.807) is 0 Å². The van der Waals surface area contributed by atoms with Crippen LogP contribution in [0.2, 0.25) is 0 Å². The van der Waals surface area contributed by atoms with Gasteiger partial charge in [0.2, 0.25) is 5.91 Å². The molecule has 4 heteroatoms. The lowest BCUT2D eigenvalue weighted by molar-refractivity contribution is -0.122. The number of aliphatic hydroxyl groups is 1. The first-order chi connectivity index (χ1) is 10.1. The van der Waals surface area contributed by atoms with Gasteiger partial charge in [-0.2, -0.15) is 0 Å². The highest BCUT2D eigenvalue weighted by molar-refractivity contribution is 5.76. The molecule has 2 fully saturated rings. The van der Waals surface area contributed by atoms with Gasteiger partial charge in [0.15, 0.2) is 0 Å². The van der Waals surface area contributed by atoms with Gasteiger partial charge in [-0.05, 0) is 56.3 Å². The summed E-state index contributed by atoms with van der Waals surface area (Å²) >= 11 is 0. The van der Waals surface area contributed by atoms with E-state index in [4.69, 9.17) is 5.11 Å². The van der Waals surface area contributed by atoms with E-state index in [0.717, 1.165) is 32.2 Å². The Morgan fingerprint density at radius 2 is 1.95 bits per heavy atom. The highest BCUT2D eigenvalue weighted by Gasteiger charge is 2.34. The van der Waals surface area contributed by atoms with Crippen molar-refractivity contribution < 1.29 is 9.90 Å². The highest BCUT2D eigenvalue weighted by atomic mass is 16.3. The summed E-state index contributed by atoms with van der Waals surface area (Å²) in [5, 5.41) is 15.8. The van der Waals surface area contributed by atoms with E-state index in [1.807, 2.05) is 0 Å². The molecule has 0 spiro atoms. The molecule has 21 heavy (non-hydrogen) atoms. The number of hydrogen-bond acceptors (Lipinski definition) is 3. The van der Waals surface area contributed by atoms with E-state index in [-0.39, 0.29) is 12.5 Å². The predicted octanol–water partition coefficient (Wildman–Crippen LogP) is 2.07. The summed E-state index contributed by atoms with van der Waals surface area (Å²) in [4.78, 5) is 12.1. The van der Waals surface area contributed by atoms with Gasteiger partial charge in [-0.1, -0.05) is 13.8 Å². The lowest BCUT2D eigenvalue weighted by Crippen LogP contribution is -2.40. The normalized spacial score (nSPS) is 29.6. The quantitative estimate of drug-likeness (QED) is 0.642. The zero-order valence-electron chi connectivity index (χ0n) is 13.6. The van der Waals surface area contributed by atoms with Crippen LogP contribution in [0.5, 0.6) is 0 Å². The van der Waals surface area contributed by atoms with Crippen molar-refractivity contribution in [3.8, 4) is 0 Å². The first-order valence-corrected chi connectivity index (χ1v) is 8.70. The largest absolute Gasteiger partial charge is 0.396 e. The number of rotatable bonds is 8. The molecule has 1 amide bonds. The molecule has 2 rings (SSSR count). The Balaban J connectivity index is 1.68. The number of fused-ring (bicyclic) bond motifs is 2. The monoisotopic (exact) mass is 296 g/mol. The fraction of sp³-hybridized carbons (Fsp3) is 0.941. The third-order valence-corrected chi connectivity index (χ3v) is 4.97. The van der Waals surface area contributed by atoms with Crippen LogP contribution >= 0.6 is 0 Å². The molecule has 2 heterocycles. The summed E-state index contributed by atoms with van der Waals surface area (Å²) in [6.07, 6.45) is 7.44. The Bertz CT molecular complexity index is 321. The summed E-state index contributed by atoms with van der Waals surface area (Å²) < 4.78 is 0. The van der Waals surface area contributed by atoms with Crippen LogP contribution in [0.4, 0.5) is 0 Å². The Labute approximate surface area is 129 Å². The Hall–Kier alpha value is -0.610. The number of carbonyl (C=O) groups excluding carboxylic acids is 1. The van der Waals surface area contributed by atoms with Gasteiger partial charge < -0.3 is 15.7 Å². The molecule has 2 saturated heterocycles. The van der Waals surface area contributed by atoms with E-state index >= 15 is 0 Å². The van der Waals surface area contributed by atoms with Gasteiger partial charge >= 0.3 is 0 Å². The molecule has 0 aliphatic carbocycles. The van der Waals surface area contributed by atoms with Gasteiger partial charge in [0.25, 0.3) is 0 Å². The maximum Gasteiger partial charge on any atom is 0.220 e. The first kappa shape index (κ1) is 16.8. The Morgan fingerprint density at radius 1 is 1.29 bits per heavy atom. The minimum absolute atomic E-state index is 0.202. The van der Waals surface area contributed by atoms with Crippen molar-refractivity contribution in [2.45, 2.75) is 70.9 Å². The number of aliphatic hydroxyl groups excluding tert-OH is 1. The predicted molar refractivity (Wildman–Crippen MR) is 84.9 cm³/mol. The summed E-state index contributed by atoms with van der Waals surface area (Å²) in [5.41, 5.74) is 0. The molecule has 3 unspecified atom stereocenters. The van der Waals surface area contributed by atoms with Crippen molar-refractivity contribution in [2.24, 2.45) is 17.8 Å². The molecule has 122 valence electrons. The molecule has 0 aromatic carbocycles. The maximum atomic E-state index is 12.1. The first-order valence-electron chi connectivity index (χ1n) is 8.70.